The molecular formula is C18H25NO3S. The molecule has 1 N–H and O–H groups in total. The number of anilines is 1. The molecule has 0 unspecified atom stereocenters. The molecule has 0 heterocycles. The Hall–Kier alpha value is -1.36. The minimum Gasteiger partial charge on any atom is -0.299 e. The van der Waals surface area contributed by atoms with Crippen molar-refractivity contribution in [3.05, 3.63) is 29.3 Å². The van der Waals surface area contributed by atoms with E-state index in [0.717, 1.165) is 17.5 Å². The Morgan fingerprint density at radius 1 is 1.26 bits per heavy atom. The number of aryl methyl sites for hydroxylation is 2. The maximum atomic E-state index is 12.7. The van der Waals surface area contributed by atoms with Gasteiger partial charge in [-0.3, -0.25) is 9.52 Å². The molecule has 0 spiro atoms. The van der Waals surface area contributed by atoms with Crippen molar-refractivity contribution in [2.45, 2.75) is 47.0 Å². The summed E-state index contributed by atoms with van der Waals surface area (Å²) in [5.41, 5.74) is 1.63. The quantitative estimate of drug-likeness (QED) is 0.917. The highest BCUT2D eigenvalue weighted by Gasteiger charge is 2.65. The largest absolute Gasteiger partial charge is 0.299 e. The van der Waals surface area contributed by atoms with Crippen molar-refractivity contribution < 1.29 is 13.2 Å². The standard InChI is InChI=1S/C18H25NO3S/c1-12-5-6-15(13(2)9-12)19-23(21,22)11-18-8-7-14(10-16(18)20)17(18,3)4/h5-6,9,14,19H,7-8,10-11H2,1-4H3/t14-,18+/m0/s1. The molecule has 2 bridgehead atoms. The summed E-state index contributed by atoms with van der Waals surface area (Å²) in [6, 6.07) is 5.63. The Bertz CT molecular complexity index is 766. The third kappa shape index (κ3) is 2.49. The lowest BCUT2D eigenvalue weighted by atomic mass is 9.70. The summed E-state index contributed by atoms with van der Waals surface area (Å²) in [5, 5.41) is 0. The zero-order valence-electron chi connectivity index (χ0n) is 14.3. The summed E-state index contributed by atoms with van der Waals surface area (Å²) >= 11 is 0. The molecule has 1 aromatic rings. The van der Waals surface area contributed by atoms with E-state index in [-0.39, 0.29) is 17.0 Å². The van der Waals surface area contributed by atoms with Gasteiger partial charge in [0.2, 0.25) is 10.0 Å². The van der Waals surface area contributed by atoms with Gasteiger partial charge >= 0.3 is 0 Å². The molecule has 0 saturated heterocycles. The minimum absolute atomic E-state index is 0.102. The van der Waals surface area contributed by atoms with Gasteiger partial charge in [-0.2, -0.15) is 0 Å². The number of ketones is 1. The maximum Gasteiger partial charge on any atom is 0.233 e. The van der Waals surface area contributed by atoms with E-state index in [4.69, 9.17) is 0 Å². The molecule has 1 aromatic carbocycles. The Labute approximate surface area is 138 Å². The summed E-state index contributed by atoms with van der Waals surface area (Å²) in [7, 11) is -3.57. The van der Waals surface area contributed by atoms with Gasteiger partial charge in [0.15, 0.2) is 0 Å². The van der Waals surface area contributed by atoms with E-state index >= 15 is 0 Å². The van der Waals surface area contributed by atoms with Gasteiger partial charge in [-0.25, -0.2) is 8.42 Å². The molecule has 4 nitrogen and oxygen atoms in total. The van der Waals surface area contributed by atoms with Crippen LogP contribution in [0.5, 0.6) is 0 Å². The van der Waals surface area contributed by atoms with Crippen LogP contribution in [-0.2, 0) is 14.8 Å². The Morgan fingerprint density at radius 3 is 2.48 bits per heavy atom. The SMILES string of the molecule is Cc1ccc(NS(=O)(=O)C[C@]23CC[C@@H](CC2=O)C3(C)C)c(C)c1. The second kappa shape index (κ2) is 5.07. The number of sulfonamides is 1. The topological polar surface area (TPSA) is 63.2 Å². The van der Waals surface area contributed by atoms with Crippen LogP contribution in [0.4, 0.5) is 5.69 Å². The van der Waals surface area contributed by atoms with Gasteiger partial charge < -0.3 is 0 Å². The monoisotopic (exact) mass is 335 g/mol. The van der Waals surface area contributed by atoms with Crippen LogP contribution in [0.2, 0.25) is 0 Å². The molecule has 0 radical (unpaired) electrons. The summed E-state index contributed by atoms with van der Waals surface area (Å²) in [4.78, 5) is 12.5. The fourth-order valence-corrected chi connectivity index (χ4v) is 6.53. The van der Waals surface area contributed by atoms with Gasteiger partial charge in [0.05, 0.1) is 16.9 Å². The number of fused-ring (bicyclic) bond motifs is 2. The number of carbonyl (C=O) groups excluding carboxylic acids is 1. The average Bonchev–Trinajstić information content (AvgIpc) is 2.75. The van der Waals surface area contributed by atoms with E-state index in [1.807, 2.05) is 26.0 Å². The summed E-state index contributed by atoms with van der Waals surface area (Å²) in [5.74, 6) is 0.353. The Balaban J connectivity index is 1.88. The van der Waals surface area contributed by atoms with Crippen LogP contribution in [0.3, 0.4) is 0 Å². The predicted octanol–water partition coefficient (Wildman–Crippen LogP) is 3.44. The summed E-state index contributed by atoms with van der Waals surface area (Å²) < 4.78 is 28.2. The second-order valence-electron chi connectivity index (χ2n) is 7.85. The number of hydrogen-bond acceptors (Lipinski definition) is 3. The van der Waals surface area contributed by atoms with Crippen molar-refractivity contribution in [1.29, 1.82) is 0 Å². The maximum absolute atomic E-state index is 12.7. The van der Waals surface area contributed by atoms with E-state index in [9.17, 15) is 13.2 Å². The first-order valence-corrected chi connectivity index (χ1v) is 9.84. The van der Waals surface area contributed by atoms with Crippen molar-refractivity contribution in [3.8, 4) is 0 Å². The van der Waals surface area contributed by atoms with Gasteiger partial charge in [-0.05, 0) is 49.7 Å². The van der Waals surface area contributed by atoms with Gasteiger partial charge in [0.1, 0.15) is 5.78 Å². The normalized spacial score (nSPS) is 29.0. The average molecular weight is 335 g/mol. The smallest absolute Gasteiger partial charge is 0.233 e. The fraction of sp³-hybridized carbons (Fsp3) is 0.611. The highest BCUT2D eigenvalue weighted by molar-refractivity contribution is 7.92. The van der Waals surface area contributed by atoms with E-state index in [1.165, 1.54) is 0 Å². The molecule has 2 fully saturated rings. The van der Waals surface area contributed by atoms with E-state index in [0.29, 0.717) is 24.4 Å². The first-order valence-electron chi connectivity index (χ1n) is 8.18. The minimum atomic E-state index is -3.57. The zero-order valence-corrected chi connectivity index (χ0v) is 15.1. The van der Waals surface area contributed by atoms with E-state index in [1.54, 1.807) is 6.07 Å². The summed E-state index contributed by atoms with van der Waals surface area (Å²) in [6.07, 6.45) is 2.18. The van der Waals surface area contributed by atoms with Crippen molar-refractivity contribution in [3.63, 3.8) is 0 Å². The molecule has 0 aliphatic heterocycles. The highest BCUT2D eigenvalue weighted by atomic mass is 32.2. The molecule has 2 aliphatic rings. The van der Waals surface area contributed by atoms with Gasteiger partial charge in [0, 0.05) is 6.42 Å². The van der Waals surface area contributed by atoms with Crippen LogP contribution < -0.4 is 4.72 Å². The first-order chi connectivity index (χ1) is 10.6. The number of hydrogen-bond donors (Lipinski definition) is 1. The predicted molar refractivity (Wildman–Crippen MR) is 91.9 cm³/mol. The van der Waals surface area contributed by atoms with Crippen LogP contribution in [0.25, 0.3) is 0 Å². The number of nitrogens with one attached hydrogen (secondary N) is 1. The Kier molecular flexibility index (Phi) is 3.63. The molecule has 2 atom stereocenters. The molecule has 0 amide bonds. The molecule has 5 heteroatoms. The van der Waals surface area contributed by atoms with Gasteiger partial charge in [-0.1, -0.05) is 31.5 Å². The third-order valence-corrected chi connectivity index (χ3v) is 7.63. The molecule has 23 heavy (non-hydrogen) atoms. The number of rotatable bonds is 4. The number of benzene rings is 1. The van der Waals surface area contributed by atoms with Crippen LogP contribution in [0, 0.1) is 30.6 Å². The second-order valence-corrected chi connectivity index (χ2v) is 9.57. The van der Waals surface area contributed by atoms with Crippen molar-refractivity contribution >= 4 is 21.5 Å². The fourth-order valence-electron chi connectivity index (χ4n) is 4.56. The van der Waals surface area contributed by atoms with Crippen LogP contribution >= 0.6 is 0 Å². The lowest BCUT2D eigenvalue weighted by Gasteiger charge is -2.36. The van der Waals surface area contributed by atoms with E-state index in [2.05, 4.69) is 18.6 Å². The molecule has 126 valence electrons. The molecule has 0 aromatic heterocycles. The number of carbonyl (C=O) groups is 1. The first kappa shape index (κ1) is 16.5. The highest BCUT2D eigenvalue weighted by Crippen LogP contribution is 2.64. The zero-order chi connectivity index (χ0) is 17.0. The molecule has 3 rings (SSSR count). The van der Waals surface area contributed by atoms with Crippen LogP contribution in [0.1, 0.15) is 44.2 Å². The molecular weight excluding hydrogens is 310 g/mol. The van der Waals surface area contributed by atoms with Crippen LogP contribution in [-0.4, -0.2) is 20.0 Å². The van der Waals surface area contributed by atoms with Gasteiger partial charge in [0.25, 0.3) is 0 Å². The van der Waals surface area contributed by atoms with Gasteiger partial charge in [-0.15, -0.1) is 0 Å². The van der Waals surface area contributed by atoms with E-state index < -0.39 is 15.4 Å². The lowest BCUT2D eigenvalue weighted by Crippen LogP contribution is -2.43. The lowest BCUT2D eigenvalue weighted by molar-refractivity contribution is -0.128. The Morgan fingerprint density at radius 2 is 1.96 bits per heavy atom. The van der Waals surface area contributed by atoms with Crippen molar-refractivity contribution in [2.75, 3.05) is 10.5 Å². The molecule has 2 aliphatic carbocycles. The third-order valence-electron chi connectivity index (χ3n) is 6.22. The van der Waals surface area contributed by atoms with Crippen molar-refractivity contribution in [2.24, 2.45) is 16.7 Å². The summed E-state index contributed by atoms with van der Waals surface area (Å²) in [6.45, 7) is 7.98. The van der Waals surface area contributed by atoms with Crippen molar-refractivity contribution in [1.82, 2.24) is 0 Å². The number of Topliss-reactive ketones (excluding diaryl/α,β-unsaturated/α-hetero) is 1. The van der Waals surface area contributed by atoms with Crippen LogP contribution in [0.15, 0.2) is 18.2 Å². The molecule has 2 saturated carbocycles.